The molecule has 1 aliphatic rings. The monoisotopic (exact) mass is 293 g/mol. The quantitative estimate of drug-likeness (QED) is 0.849. The van der Waals surface area contributed by atoms with Gasteiger partial charge in [0.25, 0.3) is 0 Å². The van der Waals surface area contributed by atoms with E-state index in [4.69, 9.17) is 0 Å². The Morgan fingerprint density at radius 1 is 1.35 bits per heavy atom. The predicted octanol–water partition coefficient (Wildman–Crippen LogP) is 2.78. The third-order valence-electron chi connectivity index (χ3n) is 3.44. The van der Waals surface area contributed by atoms with Crippen molar-refractivity contribution < 1.29 is 13.2 Å². The molecule has 20 heavy (non-hydrogen) atoms. The average molecular weight is 293 g/mol. The van der Waals surface area contributed by atoms with Crippen molar-refractivity contribution in [2.45, 2.75) is 31.1 Å². The van der Waals surface area contributed by atoms with E-state index >= 15 is 0 Å². The van der Waals surface area contributed by atoms with Crippen LogP contribution in [0.15, 0.2) is 41.3 Å². The van der Waals surface area contributed by atoms with Crippen LogP contribution in [-0.2, 0) is 14.6 Å². The molecule has 0 aliphatic heterocycles. The molecular formula is C15H19NO3S. The maximum atomic E-state index is 12.0. The molecule has 1 aromatic carbocycles. The smallest absolute Gasteiger partial charge is 0.224 e. The first kappa shape index (κ1) is 14.8. The zero-order valence-corrected chi connectivity index (χ0v) is 12.3. The maximum absolute atomic E-state index is 12.0. The number of allylic oxidation sites excluding steroid dienone is 2. The van der Waals surface area contributed by atoms with Crippen LogP contribution in [0.1, 0.15) is 26.2 Å². The molecule has 0 radical (unpaired) electrons. The normalized spacial score (nSPS) is 18.1. The highest BCUT2D eigenvalue weighted by atomic mass is 32.2. The molecule has 0 saturated heterocycles. The number of carbonyl (C=O) groups is 1. The second-order valence-electron chi connectivity index (χ2n) is 4.92. The topological polar surface area (TPSA) is 63.2 Å². The SMILES string of the molecule is CCS(=O)(=O)c1ccccc1NC(=O)C[C@@H]1C=CCC1. The van der Waals surface area contributed by atoms with Crippen molar-refractivity contribution in [1.82, 2.24) is 0 Å². The Balaban J connectivity index is 2.13. The van der Waals surface area contributed by atoms with Crippen LogP contribution in [0.5, 0.6) is 0 Å². The fourth-order valence-corrected chi connectivity index (χ4v) is 3.35. The Bertz CT molecular complexity index is 620. The van der Waals surface area contributed by atoms with Gasteiger partial charge in [-0.05, 0) is 30.9 Å². The Kier molecular flexibility index (Phi) is 4.60. The number of amides is 1. The minimum atomic E-state index is -3.33. The molecule has 0 spiro atoms. The van der Waals surface area contributed by atoms with E-state index in [1.807, 2.05) is 6.08 Å². The fourth-order valence-electron chi connectivity index (χ4n) is 2.30. The zero-order chi connectivity index (χ0) is 14.6. The fraction of sp³-hybridized carbons (Fsp3) is 0.400. The van der Waals surface area contributed by atoms with Crippen molar-refractivity contribution in [1.29, 1.82) is 0 Å². The molecule has 0 unspecified atom stereocenters. The standard InChI is InChI=1S/C15H19NO3S/c1-2-20(18,19)14-10-6-5-9-13(14)16-15(17)11-12-7-3-4-8-12/h3,5-7,9-10,12H,2,4,8,11H2,1H3,(H,16,17)/t12-/m1/s1. The van der Waals surface area contributed by atoms with E-state index in [0.29, 0.717) is 12.1 Å². The van der Waals surface area contributed by atoms with E-state index in [1.165, 1.54) is 6.07 Å². The molecule has 0 fully saturated rings. The summed E-state index contributed by atoms with van der Waals surface area (Å²) in [7, 11) is -3.33. The Morgan fingerprint density at radius 3 is 2.75 bits per heavy atom. The van der Waals surface area contributed by atoms with E-state index in [2.05, 4.69) is 11.4 Å². The van der Waals surface area contributed by atoms with Gasteiger partial charge in [0.2, 0.25) is 5.91 Å². The van der Waals surface area contributed by atoms with Gasteiger partial charge in [0.1, 0.15) is 0 Å². The maximum Gasteiger partial charge on any atom is 0.224 e. The first-order valence-electron chi connectivity index (χ1n) is 6.81. The third-order valence-corrected chi connectivity index (χ3v) is 5.22. The van der Waals surface area contributed by atoms with Gasteiger partial charge in [-0.25, -0.2) is 8.42 Å². The molecule has 4 nitrogen and oxygen atoms in total. The minimum absolute atomic E-state index is 0.0191. The van der Waals surface area contributed by atoms with E-state index < -0.39 is 9.84 Å². The Morgan fingerprint density at radius 2 is 2.10 bits per heavy atom. The second-order valence-corrected chi connectivity index (χ2v) is 7.16. The third kappa shape index (κ3) is 3.48. The van der Waals surface area contributed by atoms with Crippen LogP contribution in [0.4, 0.5) is 5.69 Å². The number of hydrogen-bond acceptors (Lipinski definition) is 3. The highest BCUT2D eigenvalue weighted by molar-refractivity contribution is 7.91. The molecule has 0 saturated carbocycles. The zero-order valence-electron chi connectivity index (χ0n) is 11.5. The summed E-state index contributed by atoms with van der Waals surface area (Å²) in [5, 5.41) is 2.73. The van der Waals surface area contributed by atoms with Gasteiger partial charge in [0, 0.05) is 6.42 Å². The lowest BCUT2D eigenvalue weighted by Crippen LogP contribution is -2.17. The summed E-state index contributed by atoms with van der Waals surface area (Å²) >= 11 is 0. The molecule has 1 aliphatic carbocycles. The number of benzene rings is 1. The van der Waals surface area contributed by atoms with E-state index in [1.54, 1.807) is 25.1 Å². The average Bonchev–Trinajstić information content (AvgIpc) is 2.92. The van der Waals surface area contributed by atoms with Crippen LogP contribution >= 0.6 is 0 Å². The molecular weight excluding hydrogens is 274 g/mol. The van der Waals surface area contributed by atoms with Crippen LogP contribution in [0.3, 0.4) is 0 Å². The van der Waals surface area contributed by atoms with Gasteiger partial charge >= 0.3 is 0 Å². The van der Waals surface area contributed by atoms with Crippen molar-refractivity contribution in [3.63, 3.8) is 0 Å². The number of rotatable bonds is 5. The van der Waals surface area contributed by atoms with E-state index in [-0.39, 0.29) is 22.5 Å². The number of nitrogens with one attached hydrogen (secondary N) is 1. The number of para-hydroxylation sites is 1. The van der Waals surface area contributed by atoms with Gasteiger partial charge in [-0.15, -0.1) is 0 Å². The van der Waals surface area contributed by atoms with Crippen molar-refractivity contribution in [3.05, 3.63) is 36.4 Å². The summed E-state index contributed by atoms with van der Waals surface area (Å²) in [6.45, 7) is 1.59. The van der Waals surface area contributed by atoms with E-state index in [9.17, 15) is 13.2 Å². The highest BCUT2D eigenvalue weighted by Gasteiger charge is 2.19. The van der Waals surface area contributed by atoms with Crippen LogP contribution in [0.25, 0.3) is 0 Å². The van der Waals surface area contributed by atoms with Crippen molar-refractivity contribution in [2.75, 3.05) is 11.1 Å². The van der Waals surface area contributed by atoms with Gasteiger partial charge in [-0.3, -0.25) is 4.79 Å². The van der Waals surface area contributed by atoms with Crippen LogP contribution in [0.2, 0.25) is 0 Å². The molecule has 0 aromatic heterocycles. The summed E-state index contributed by atoms with van der Waals surface area (Å²) < 4.78 is 24.0. The minimum Gasteiger partial charge on any atom is -0.325 e. The molecule has 2 rings (SSSR count). The summed E-state index contributed by atoms with van der Waals surface area (Å²) in [5.74, 6) is 0.149. The summed E-state index contributed by atoms with van der Waals surface area (Å²) in [6, 6.07) is 6.55. The molecule has 1 amide bonds. The summed E-state index contributed by atoms with van der Waals surface area (Å²) in [4.78, 5) is 12.2. The Hall–Kier alpha value is -1.62. The molecule has 1 aromatic rings. The second kappa shape index (κ2) is 6.22. The van der Waals surface area contributed by atoms with Crippen LogP contribution < -0.4 is 5.32 Å². The lowest BCUT2D eigenvalue weighted by molar-refractivity contribution is -0.116. The Labute approximate surface area is 119 Å². The van der Waals surface area contributed by atoms with E-state index in [0.717, 1.165) is 12.8 Å². The van der Waals surface area contributed by atoms with Crippen molar-refractivity contribution in [3.8, 4) is 0 Å². The lowest BCUT2D eigenvalue weighted by Gasteiger charge is -2.12. The van der Waals surface area contributed by atoms with Gasteiger partial charge in [0.15, 0.2) is 9.84 Å². The number of anilines is 1. The number of sulfone groups is 1. The lowest BCUT2D eigenvalue weighted by atomic mass is 10.1. The van der Waals surface area contributed by atoms with Gasteiger partial charge < -0.3 is 5.32 Å². The molecule has 108 valence electrons. The molecule has 0 bridgehead atoms. The predicted molar refractivity (Wildman–Crippen MR) is 79.3 cm³/mol. The van der Waals surface area contributed by atoms with Crippen molar-refractivity contribution >= 4 is 21.4 Å². The summed E-state index contributed by atoms with van der Waals surface area (Å²) in [6.07, 6.45) is 6.53. The van der Waals surface area contributed by atoms with Crippen LogP contribution in [0, 0.1) is 5.92 Å². The summed E-state index contributed by atoms with van der Waals surface area (Å²) in [5.41, 5.74) is 0.376. The molecule has 5 heteroatoms. The molecule has 1 atom stereocenters. The van der Waals surface area contributed by atoms with Gasteiger partial charge in [0.05, 0.1) is 16.3 Å². The molecule has 0 heterocycles. The van der Waals surface area contributed by atoms with Crippen LogP contribution in [-0.4, -0.2) is 20.1 Å². The van der Waals surface area contributed by atoms with Gasteiger partial charge in [-0.1, -0.05) is 31.2 Å². The number of carbonyl (C=O) groups excluding carboxylic acids is 1. The van der Waals surface area contributed by atoms with Gasteiger partial charge in [-0.2, -0.15) is 0 Å². The first-order chi connectivity index (χ1) is 9.53. The number of hydrogen-bond donors (Lipinski definition) is 1. The molecule has 1 N–H and O–H groups in total. The van der Waals surface area contributed by atoms with Crippen molar-refractivity contribution in [2.24, 2.45) is 5.92 Å². The largest absolute Gasteiger partial charge is 0.325 e. The highest BCUT2D eigenvalue weighted by Crippen LogP contribution is 2.24. The first-order valence-corrected chi connectivity index (χ1v) is 8.46.